The molecule has 773 valence electrons. The molecule has 0 aliphatic carbocycles. The van der Waals surface area contributed by atoms with Crippen LogP contribution in [0, 0.1) is 6.07 Å². The largest absolute Gasteiger partial charge is 0.324 e. The minimum Gasteiger partial charge on any atom is -0.324 e. The van der Waals surface area contributed by atoms with E-state index in [0.29, 0.717) is 17.7 Å². The topological polar surface area (TPSA) is 62.7 Å². The van der Waals surface area contributed by atoms with Crippen molar-refractivity contribution in [2.24, 2.45) is 0 Å². The summed E-state index contributed by atoms with van der Waals surface area (Å²) in [5.74, 6) is 8.87. The number of nitrogens with zero attached hydrogens (tertiary/aromatic N) is 3. The molecule has 0 spiro atoms. The number of aromatic nitrogens is 3. The lowest BCUT2D eigenvalue weighted by Crippen LogP contribution is -2.06. The standard InChI is InChI=1S/C123H220N5S6/c1-7-13-19-25-31-37-43-49-55-61-67-73-79-85-94-102-129-115-108-113(109-116(130-103-95-86-80-74-68-62-56-50-44-38-32-26-20-14-8-2)119(115)133-106-98-89-83-77-71-65-59-53-47-41-35-29-23-17-11-5)124-122-126-121(112-100-92-91-93-101-112)127-123(128-122)125-114-110-117(131-104-96-87-81-75-69-63-57-51-45-39-33-27-21-15-9-3)120(134-107-99-90-84-78-72-66-60-54-48-42-36-30-24-18-12-6)118(111-114)132-105-97-88-82-76-70-64-58-52-46-40-34-28-22-16-10-4/h92-93,100-101,108-111H,7-90,94-99,102-107H2,1-6H3,(H2,124,125,126,127,128). The Morgan fingerprint density at radius 2 is 0.336 bits per heavy atom. The van der Waals surface area contributed by atoms with Gasteiger partial charge in [-0.1, -0.05) is 605 Å². The fourth-order valence-electron chi connectivity index (χ4n) is 19.3. The third-order valence-corrected chi connectivity index (χ3v) is 35.6. The molecule has 0 bridgehead atoms. The maximum Gasteiger partial charge on any atom is 0.232 e. The van der Waals surface area contributed by atoms with E-state index in [1.807, 2.05) is 12.1 Å². The lowest BCUT2D eigenvalue weighted by atomic mass is 10.0. The van der Waals surface area contributed by atoms with E-state index in [1.165, 1.54) is 619 Å². The highest BCUT2D eigenvalue weighted by atomic mass is 32.2. The number of nitrogens with one attached hydrogen (secondary N) is 2. The highest BCUT2D eigenvalue weighted by molar-refractivity contribution is 8.04. The first-order valence-electron chi connectivity index (χ1n) is 59.9. The van der Waals surface area contributed by atoms with Gasteiger partial charge in [0.2, 0.25) is 11.9 Å². The van der Waals surface area contributed by atoms with E-state index in [-0.39, 0.29) is 0 Å². The van der Waals surface area contributed by atoms with Crippen LogP contribution in [0.1, 0.15) is 619 Å². The van der Waals surface area contributed by atoms with Crippen LogP contribution in [0.2, 0.25) is 0 Å². The molecule has 1 heterocycles. The van der Waals surface area contributed by atoms with Crippen molar-refractivity contribution < 1.29 is 0 Å². The highest BCUT2D eigenvalue weighted by Crippen LogP contribution is 2.46. The average molecular weight is 1960 g/mol. The lowest BCUT2D eigenvalue weighted by molar-refractivity contribution is 0.535. The number of anilines is 4. The molecule has 5 nitrogen and oxygen atoms in total. The molecule has 0 fully saturated rings. The molecule has 0 atom stereocenters. The summed E-state index contributed by atoms with van der Waals surface area (Å²) in [7, 11) is 0. The van der Waals surface area contributed by atoms with E-state index in [9.17, 15) is 0 Å². The molecule has 0 aliphatic heterocycles. The molecule has 1 radical (unpaired) electrons. The fraction of sp³-hybridized carbons (Fsp3) is 0.829. The molecular formula is C123H220N5S6. The van der Waals surface area contributed by atoms with Crippen molar-refractivity contribution in [3.8, 4) is 11.4 Å². The molecule has 0 aliphatic rings. The molecule has 2 N–H and O–H groups in total. The number of thioether (sulfide) groups is 6. The minimum atomic E-state index is 0.599. The van der Waals surface area contributed by atoms with E-state index in [1.54, 1.807) is 0 Å². The molecular weight excluding hydrogens is 1740 g/mol. The lowest BCUT2D eigenvalue weighted by Gasteiger charge is -2.19. The maximum absolute atomic E-state index is 5.46. The average Bonchev–Trinajstić information content (AvgIpc) is 0.804. The summed E-state index contributed by atoms with van der Waals surface area (Å²) in [6, 6.07) is 21.6. The van der Waals surface area contributed by atoms with Gasteiger partial charge in [0, 0.05) is 46.3 Å². The molecule has 0 saturated carbocycles. The van der Waals surface area contributed by atoms with Crippen LogP contribution in [0.5, 0.6) is 0 Å². The van der Waals surface area contributed by atoms with Gasteiger partial charge < -0.3 is 10.6 Å². The summed E-state index contributed by atoms with van der Waals surface area (Å²) in [4.78, 5) is 25.0. The van der Waals surface area contributed by atoms with E-state index < -0.39 is 0 Å². The van der Waals surface area contributed by atoms with Crippen molar-refractivity contribution in [2.45, 2.75) is 649 Å². The molecule has 1 aromatic heterocycles. The Morgan fingerprint density at radius 1 is 0.187 bits per heavy atom. The number of hydrogen-bond acceptors (Lipinski definition) is 11. The van der Waals surface area contributed by atoms with Crippen LogP contribution in [-0.2, 0) is 0 Å². The summed E-state index contributed by atoms with van der Waals surface area (Å²) < 4.78 is 0. The van der Waals surface area contributed by atoms with Crippen molar-refractivity contribution in [3.05, 3.63) is 54.6 Å². The number of benzene rings is 3. The van der Waals surface area contributed by atoms with E-state index in [2.05, 4.69) is 165 Å². The Hall–Kier alpha value is -1.63. The van der Waals surface area contributed by atoms with Gasteiger partial charge >= 0.3 is 0 Å². The second-order valence-electron chi connectivity index (χ2n) is 41.2. The minimum absolute atomic E-state index is 0.599. The zero-order valence-electron chi connectivity index (χ0n) is 89.8. The Labute approximate surface area is 861 Å². The van der Waals surface area contributed by atoms with Gasteiger partial charge in [0.1, 0.15) is 0 Å². The van der Waals surface area contributed by atoms with Crippen LogP contribution in [-0.4, -0.2) is 49.5 Å². The molecule has 0 unspecified atom stereocenters. The maximum atomic E-state index is 5.46. The van der Waals surface area contributed by atoms with Gasteiger partial charge in [-0.25, -0.2) is 0 Å². The summed E-state index contributed by atoms with van der Waals surface area (Å²) in [6.07, 6.45) is 126. The van der Waals surface area contributed by atoms with Gasteiger partial charge in [0.15, 0.2) is 5.82 Å². The van der Waals surface area contributed by atoms with Gasteiger partial charge in [0.05, 0.1) is 0 Å². The molecule has 11 heteroatoms. The number of hydrogen-bond donors (Lipinski definition) is 2. The highest BCUT2D eigenvalue weighted by Gasteiger charge is 2.20. The Morgan fingerprint density at radius 3 is 0.500 bits per heavy atom. The van der Waals surface area contributed by atoms with Crippen LogP contribution in [0.4, 0.5) is 23.3 Å². The molecule has 0 saturated heterocycles. The van der Waals surface area contributed by atoms with Gasteiger partial charge in [-0.05, 0) is 103 Å². The van der Waals surface area contributed by atoms with E-state index in [4.69, 9.17) is 15.0 Å². The van der Waals surface area contributed by atoms with Crippen molar-refractivity contribution in [1.29, 1.82) is 0 Å². The summed E-state index contributed by atoms with van der Waals surface area (Å²) in [5, 5.41) is 7.94. The van der Waals surface area contributed by atoms with Crippen molar-refractivity contribution in [2.75, 3.05) is 45.2 Å². The smallest absolute Gasteiger partial charge is 0.232 e. The SMILES string of the molecule is CCCCCCCCCCCCCCCCCSc1cc(Nc2nc(Nc3cc(SCCCCCCCCCCCCCCCCC)c(SCCCCCCCCCCCCCCCCC)c(SCCCCCCCCCCCCCCCCC)c3)nc(-c3cc[c]cc3)n2)cc(SCCCCCCCCCCCCCCCCC)c1SCCCCCCCCCCCCCCCCC. The van der Waals surface area contributed by atoms with Gasteiger partial charge in [0.25, 0.3) is 0 Å². The quantitative estimate of drug-likeness (QED) is 0.0328. The second-order valence-corrected chi connectivity index (χ2v) is 48.0. The van der Waals surface area contributed by atoms with Crippen molar-refractivity contribution >= 4 is 93.8 Å². The first kappa shape index (κ1) is 125. The molecule has 4 rings (SSSR count). The molecule has 134 heavy (non-hydrogen) atoms. The van der Waals surface area contributed by atoms with Crippen LogP contribution in [0.3, 0.4) is 0 Å². The predicted molar refractivity (Wildman–Crippen MR) is 617 cm³/mol. The fourth-order valence-corrected chi connectivity index (χ4v) is 26.9. The summed E-state index contributed by atoms with van der Waals surface area (Å²) >= 11 is 12.9. The second kappa shape index (κ2) is 98.7. The van der Waals surface area contributed by atoms with E-state index in [0.717, 1.165) is 39.9 Å². The van der Waals surface area contributed by atoms with Gasteiger partial charge in [-0.2, -0.15) is 15.0 Å². The normalized spacial score (nSPS) is 11.7. The summed E-state index contributed by atoms with van der Waals surface area (Å²) in [5.41, 5.74) is 3.16. The first-order valence-corrected chi connectivity index (χ1v) is 65.8. The summed E-state index contributed by atoms with van der Waals surface area (Å²) in [6.45, 7) is 14.0. The number of rotatable bonds is 107. The van der Waals surface area contributed by atoms with Crippen molar-refractivity contribution in [3.63, 3.8) is 0 Å². The van der Waals surface area contributed by atoms with Gasteiger partial charge in [-0.3, -0.25) is 0 Å². The zero-order chi connectivity index (χ0) is 95.0. The molecule has 0 amide bonds. The predicted octanol–water partition coefficient (Wildman–Crippen LogP) is 46.6. The third kappa shape index (κ3) is 75.2. The van der Waals surface area contributed by atoms with Crippen LogP contribution in [0.25, 0.3) is 11.4 Å². The molecule has 4 aromatic rings. The Kier molecular flexibility index (Phi) is 91.9. The van der Waals surface area contributed by atoms with Crippen molar-refractivity contribution in [1.82, 2.24) is 15.0 Å². The monoisotopic (exact) mass is 1960 g/mol. The molecule has 3 aromatic carbocycles. The third-order valence-electron chi connectivity index (χ3n) is 28.2. The first-order chi connectivity index (χ1) is 66.5. The van der Waals surface area contributed by atoms with Crippen LogP contribution in [0.15, 0.2) is 77.9 Å². The zero-order valence-corrected chi connectivity index (χ0v) is 94.7. The van der Waals surface area contributed by atoms with Crippen LogP contribution < -0.4 is 10.6 Å². The Bertz CT molecular complexity index is 2800. The Balaban J connectivity index is 1.67. The van der Waals surface area contributed by atoms with E-state index >= 15 is 0 Å². The van der Waals surface area contributed by atoms with Gasteiger partial charge in [-0.15, -0.1) is 70.6 Å². The number of unbranched alkanes of at least 4 members (excludes halogenated alkanes) is 84. The van der Waals surface area contributed by atoms with Crippen LogP contribution >= 0.6 is 70.6 Å².